The Labute approximate surface area is 185 Å². The molecule has 0 unspecified atom stereocenters. The molecule has 0 radical (unpaired) electrons. The number of amides is 2. The molecule has 0 aliphatic carbocycles. The molecule has 2 amide bonds. The van der Waals surface area contributed by atoms with Gasteiger partial charge < -0.3 is 20.4 Å². The Kier molecular flexibility index (Phi) is 7.05. The molecule has 2 N–H and O–H groups in total. The van der Waals surface area contributed by atoms with E-state index in [9.17, 15) is 9.59 Å². The quantitative estimate of drug-likeness (QED) is 0.524. The molecule has 2 aromatic rings. The zero-order valence-corrected chi connectivity index (χ0v) is 17.9. The number of carbonyl (C=O) groups is 2. The maximum absolute atomic E-state index is 12.8. The highest BCUT2D eigenvalue weighted by atomic mass is 35.5. The van der Waals surface area contributed by atoms with Gasteiger partial charge in [-0.3, -0.25) is 9.59 Å². The summed E-state index contributed by atoms with van der Waals surface area (Å²) in [6.07, 6.45) is 5.26. The molecule has 1 saturated heterocycles. The van der Waals surface area contributed by atoms with Crippen molar-refractivity contribution in [1.29, 1.82) is 5.26 Å². The summed E-state index contributed by atoms with van der Waals surface area (Å²) in [6.45, 7) is 1.15. The fraction of sp³-hybridized carbons (Fsp3) is 0.286. The van der Waals surface area contributed by atoms with E-state index in [1.165, 1.54) is 18.6 Å². The predicted octanol–water partition coefficient (Wildman–Crippen LogP) is 2.36. The lowest BCUT2D eigenvalue weighted by atomic mass is 10.1. The van der Waals surface area contributed by atoms with Gasteiger partial charge in [-0.05, 0) is 30.7 Å². The number of aromatic nitrogens is 2. The fourth-order valence-electron chi connectivity index (χ4n) is 3.11. The Balaban J connectivity index is 1.57. The number of rotatable bonds is 6. The molecular formula is C21H22ClN7O2. The molecule has 31 heavy (non-hydrogen) atoms. The summed E-state index contributed by atoms with van der Waals surface area (Å²) in [5, 5.41) is 15.4. The Morgan fingerprint density at radius 2 is 1.94 bits per heavy atom. The second-order valence-electron chi connectivity index (χ2n) is 7.26. The molecule has 0 spiro atoms. The number of nitriles is 1. The first-order chi connectivity index (χ1) is 14.9. The van der Waals surface area contributed by atoms with Crippen molar-refractivity contribution in [3.05, 3.63) is 59.0 Å². The van der Waals surface area contributed by atoms with E-state index in [2.05, 4.69) is 20.6 Å². The molecule has 0 saturated carbocycles. The van der Waals surface area contributed by atoms with Gasteiger partial charge in [0.05, 0.1) is 17.4 Å². The lowest BCUT2D eigenvalue weighted by molar-refractivity contribution is -0.112. The van der Waals surface area contributed by atoms with Crippen molar-refractivity contribution in [2.24, 2.45) is 0 Å². The van der Waals surface area contributed by atoms with Crippen molar-refractivity contribution in [2.45, 2.75) is 12.5 Å². The number of halogens is 1. The van der Waals surface area contributed by atoms with Crippen molar-refractivity contribution in [1.82, 2.24) is 19.8 Å². The van der Waals surface area contributed by atoms with Crippen LogP contribution < -0.4 is 10.6 Å². The lowest BCUT2D eigenvalue weighted by Gasteiger charge is -2.17. The summed E-state index contributed by atoms with van der Waals surface area (Å²) >= 11 is 5.79. The van der Waals surface area contributed by atoms with Crippen LogP contribution >= 0.6 is 11.6 Å². The van der Waals surface area contributed by atoms with Gasteiger partial charge in [0, 0.05) is 50.7 Å². The molecule has 160 valence electrons. The van der Waals surface area contributed by atoms with Crippen molar-refractivity contribution in [2.75, 3.05) is 37.8 Å². The summed E-state index contributed by atoms with van der Waals surface area (Å²) in [7, 11) is 3.46. The molecule has 1 atom stereocenters. The predicted molar refractivity (Wildman–Crippen MR) is 117 cm³/mol. The van der Waals surface area contributed by atoms with Gasteiger partial charge in [0.15, 0.2) is 0 Å². The zero-order chi connectivity index (χ0) is 22.4. The van der Waals surface area contributed by atoms with Crippen LogP contribution in [0, 0.1) is 11.3 Å². The molecule has 1 fully saturated rings. The fourth-order valence-corrected chi connectivity index (χ4v) is 3.20. The minimum absolute atomic E-state index is 0.00886. The number of nitrogens with one attached hydrogen (secondary N) is 2. The third kappa shape index (κ3) is 5.93. The van der Waals surface area contributed by atoms with Gasteiger partial charge in [0.25, 0.3) is 11.8 Å². The first-order valence-corrected chi connectivity index (χ1v) is 9.96. The Morgan fingerprint density at radius 1 is 1.26 bits per heavy atom. The minimum atomic E-state index is -0.506. The van der Waals surface area contributed by atoms with Gasteiger partial charge in [-0.25, -0.2) is 9.97 Å². The van der Waals surface area contributed by atoms with Gasteiger partial charge in [-0.1, -0.05) is 11.6 Å². The SMILES string of the molecule is CN(C)/C=C(\C#N)C(=O)Nc1ccc(C(=O)N2CC[C@@H](Nc3ncc(Cl)cn3)C2)cc1. The van der Waals surface area contributed by atoms with E-state index in [-0.39, 0.29) is 17.5 Å². The van der Waals surface area contributed by atoms with Gasteiger partial charge in [0.1, 0.15) is 11.6 Å². The topological polar surface area (TPSA) is 114 Å². The Morgan fingerprint density at radius 3 is 2.55 bits per heavy atom. The molecule has 0 bridgehead atoms. The van der Waals surface area contributed by atoms with E-state index >= 15 is 0 Å². The normalized spacial score (nSPS) is 15.9. The molecular weight excluding hydrogens is 418 g/mol. The molecule has 3 rings (SSSR count). The Bertz CT molecular complexity index is 1010. The molecule has 1 aromatic heterocycles. The monoisotopic (exact) mass is 439 g/mol. The first kappa shape index (κ1) is 22.1. The van der Waals surface area contributed by atoms with Gasteiger partial charge >= 0.3 is 0 Å². The van der Waals surface area contributed by atoms with E-state index in [0.29, 0.717) is 35.3 Å². The molecule has 1 aromatic carbocycles. The molecule has 2 heterocycles. The maximum atomic E-state index is 12.8. The maximum Gasteiger partial charge on any atom is 0.267 e. The molecule has 9 nitrogen and oxygen atoms in total. The van der Waals surface area contributed by atoms with E-state index in [0.717, 1.165) is 6.42 Å². The third-order valence-electron chi connectivity index (χ3n) is 4.57. The van der Waals surface area contributed by atoms with Crippen LogP contribution in [0.2, 0.25) is 5.02 Å². The average Bonchev–Trinajstić information content (AvgIpc) is 3.22. The van der Waals surface area contributed by atoms with Crippen LogP contribution in [-0.2, 0) is 4.79 Å². The summed E-state index contributed by atoms with van der Waals surface area (Å²) in [5.74, 6) is -0.124. The van der Waals surface area contributed by atoms with Crippen molar-refractivity contribution < 1.29 is 9.59 Å². The van der Waals surface area contributed by atoms with Gasteiger partial charge in [-0.2, -0.15) is 5.26 Å². The van der Waals surface area contributed by atoms with E-state index in [1.807, 2.05) is 6.07 Å². The number of nitrogens with zero attached hydrogens (tertiary/aromatic N) is 5. The number of likely N-dealkylation sites (tertiary alicyclic amines) is 1. The summed E-state index contributed by atoms with van der Waals surface area (Å²) in [5.41, 5.74) is 1.01. The highest BCUT2D eigenvalue weighted by Gasteiger charge is 2.27. The van der Waals surface area contributed by atoms with Gasteiger partial charge in [0.2, 0.25) is 5.95 Å². The highest BCUT2D eigenvalue weighted by molar-refractivity contribution is 6.30. The van der Waals surface area contributed by atoms with Crippen molar-refractivity contribution in [3.8, 4) is 6.07 Å². The molecule has 1 aliphatic rings. The van der Waals surface area contributed by atoms with E-state index in [4.69, 9.17) is 16.9 Å². The lowest BCUT2D eigenvalue weighted by Crippen LogP contribution is -2.31. The second kappa shape index (κ2) is 9.91. The second-order valence-corrected chi connectivity index (χ2v) is 7.69. The largest absolute Gasteiger partial charge is 0.382 e. The van der Waals surface area contributed by atoms with E-state index in [1.54, 1.807) is 48.2 Å². The smallest absolute Gasteiger partial charge is 0.267 e. The first-order valence-electron chi connectivity index (χ1n) is 9.59. The number of carbonyl (C=O) groups excluding carboxylic acids is 2. The standard InChI is InChI=1S/C21H22ClN7O2/c1-28(2)12-15(9-23)19(30)26-17-5-3-14(4-6-17)20(31)29-8-7-18(13-29)27-21-24-10-16(22)11-25-21/h3-6,10-12,18H,7-8,13H2,1-2H3,(H,26,30)(H,24,25,27)/b15-12+/t18-/m1/s1. The van der Waals surface area contributed by atoms with Crippen LogP contribution in [0.5, 0.6) is 0 Å². The number of benzene rings is 1. The third-order valence-corrected chi connectivity index (χ3v) is 4.77. The number of anilines is 2. The summed E-state index contributed by atoms with van der Waals surface area (Å²) < 4.78 is 0. The van der Waals surface area contributed by atoms with Crippen LogP contribution in [0.4, 0.5) is 11.6 Å². The zero-order valence-electron chi connectivity index (χ0n) is 17.2. The van der Waals surface area contributed by atoms with Crippen LogP contribution in [0.3, 0.4) is 0 Å². The highest BCUT2D eigenvalue weighted by Crippen LogP contribution is 2.18. The van der Waals surface area contributed by atoms with Crippen LogP contribution in [-0.4, -0.2) is 64.8 Å². The van der Waals surface area contributed by atoms with Crippen LogP contribution in [0.1, 0.15) is 16.8 Å². The van der Waals surface area contributed by atoms with E-state index < -0.39 is 5.91 Å². The van der Waals surface area contributed by atoms with Crippen molar-refractivity contribution in [3.63, 3.8) is 0 Å². The van der Waals surface area contributed by atoms with Gasteiger partial charge in [-0.15, -0.1) is 0 Å². The molecule has 1 aliphatic heterocycles. The van der Waals surface area contributed by atoms with Crippen LogP contribution in [0.25, 0.3) is 0 Å². The van der Waals surface area contributed by atoms with Crippen molar-refractivity contribution >= 4 is 35.1 Å². The molecule has 10 heteroatoms. The minimum Gasteiger partial charge on any atom is -0.382 e. The number of hydrogen-bond acceptors (Lipinski definition) is 7. The Hall–Kier alpha value is -3.64. The van der Waals surface area contributed by atoms with Crippen LogP contribution in [0.15, 0.2) is 48.4 Å². The summed E-state index contributed by atoms with van der Waals surface area (Å²) in [6, 6.07) is 8.52. The number of hydrogen-bond donors (Lipinski definition) is 2. The summed E-state index contributed by atoms with van der Waals surface area (Å²) in [4.78, 5) is 36.6. The average molecular weight is 440 g/mol.